The fourth-order valence-electron chi connectivity index (χ4n) is 1.50. The Balaban J connectivity index is 2.32. The average molecular weight is 242 g/mol. The maximum atomic E-state index is 12.1. The van der Waals surface area contributed by atoms with Gasteiger partial charge in [0.1, 0.15) is 5.01 Å². The van der Waals surface area contributed by atoms with Crippen molar-refractivity contribution in [2.45, 2.75) is 12.8 Å². The molecule has 0 aliphatic heterocycles. The molecule has 0 bridgehead atoms. The van der Waals surface area contributed by atoms with Crippen molar-refractivity contribution >= 4 is 17.1 Å². The van der Waals surface area contributed by atoms with Crippen LogP contribution in [0.1, 0.15) is 27.0 Å². The molecular weight excluding hydrogens is 232 g/mol. The number of aromatic nitrogens is 1. The number of Topliss-reactive ketones (excluding diaryl/α,β-unsaturated/α-hetero) is 1. The lowest BCUT2D eigenvalue weighted by molar-refractivity contribution is 0.0979. The SMILES string of the molecule is Cc1csc([C@@H](C#N)C(=O)c2ccccc2)n1. The summed E-state index contributed by atoms with van der Waals surface area (Å²) in [7, 11) is 0. The maximum Gasteiger partial charge on any atom is 0.186 e. The van der Waals surface area contributed by atoms with Crippen LogP contribution in [0.25, 0.3) is 0 Å². The maximum absolute atomic E-state index is 12.1. The minimum Gasteiger partial charge on any atom is -0.292 e. The molecule has 3 nitrogen and oxygen atoms in total. The van der Waals surface area contributed by atoms with Gasteiger partial charge in [-0.3, -0.25) is 4.79 Å². The third-order valence-corrected chi connectivity index (χ3v) is 3.36. The van der Waals surface area contributed by atoms with Crippen molar-refractivity contribution in [1.29, 1.82) is 5.26 Å². The zero-order chi connectivity index (χ0) is 12.3. The van der Waals surface area contributed by atoms with Crippen molar-refractivity contribution in [3.63, 3.8) is 0 Å². The van der Waals surface area contributed by atoms with Gasteiger partial charge in [0.05, 0.1) is 6.07 Å². The number of carbonyl (C=O) groups excluding carboxylic acids is 1. The predicted molar refractivity (Wildman–Crippen MR) is 66.0 cm³/mol. The predicted octanol–water partition coefficient (Wildman–Crippen LogP) is 2.94. The molecule has 1 aromatic carbocycles. The highest BCUT2D eigenvalue weighted by molar-refractivity contribution is 7.10. The smallest absolute Gasteiger partial charge is 0.186 e. The first-order chi connectivity index (χ1) is 8.22. The van der Waals surface area contributed by atoms with E-state index in [2.05, 4.69) is 4.98 Å². The molecule has 2 rings (SSSR count). The van der Waals surface area contributed by atoms with Gasteiger partial charge in [0, 0.05) is 16.6 Å². The monoisotopic (exact) mass is 242 g/mol. The number of aryl methyl sites for hydroxylation is 1. The highest BCUT2D eigenvalue weighted by Crippen LogP contribution is 2.23. The number of nitrogens with zero attached hydrogens (tertiary/aromatic N) is 2. The van der Waals surface area contributed by atoms with Crippen molar-refractivity contribution in [2.75, 3.05) is 0 Å². The van der Waals surface area contributed by atoms with Gasteiger partial charge in [0.25, 0.3) is 0 Å². The van der Waals surface area contributed by atoms with E-state index in [9.17, 15) is 4.79 Å². The lowest BCUT2D eigenvalue weighted by Gasteiger charge is -2.04. The Labute approximate surface area is 103 Å². The average Bonchev–Trinajstić information content (AvgIpc) is 2.78. The summed E-state index contributed by atoms with van der Waals surface area (Å²) in [5.41, 5.74) is 1.39. The zero-order valence-electron chi connectivity index (χ0n) is 9.25. The summed E-state index contributed by atoms with van der Waals surface area (Å²) in [5, 5.41) is 11.5. The first kappa shape index (κ1) is 11.5. The number of thiazole rings is 1. The van der Waals surface area contributed by atoms with Crippen LogP contribution in [0.4, 0.5) is 0 Å². The first-order valence-electron chi connectivity index (χ1n) is 5.13. The molecule has 0 aliphatic rings. The second-order valence-corrected chi connectivity index (χ2v) is 4.51. The molecule has 0 saturated heterocycles. The van der Waals surface area contributed by atoms with Crippen LogP contribution in [0.5, 0.6) is 0 Å². The molecular formula is C13H10N2OS. The molecule has 1 heterocycles. The summed E-state index contributed by atoms with van der Waals surface area (Å²) in [6.07, 6.45) is 0. The molecule has 17 heavy (non-hydrogen) atoms. The van der Waals surface area contributed by atoms with Crippen LogP contribution in [0.15, 0.2) is 35.7 Å². The first-order valence-corrected chi connectivity index (χ1v) is 6.01. The molecule has 4 heteroatoms. The van der Waals surface area contributed by atoms with Gasteiger partial charge < -0.3 is 0 Å². The molecule has 0 saturated carbocycles. The van der Waals surface area contributed by atoms with Crippen molar-refractivity contribution in [2.24, 2.45) is 0 Å². The third kappa shape index (κ3) is 2.40. The van der Waals surface area contributed by atoms with Crippen LogP contribution >= 0.6 is 11.3 Å². The highest BCUT2D eigenvalue weighted by Gasteiger charge is 2.24. The van der Waals surface area contributed by atoms with E-state index in [1.807, 2.05) is 24.4 Å². The summed E-state index contributed by atoms with van der Waals surface area (Å²) in [4.78, 5) is 16.3. The fraction of sp³-hybridized carbons (Fsp3) is 0.154. The number of hydrogen-bond acceptors (Lipinski definition) is 4. The number of ketones is 1. The van der Waals surface area contributed by atoms with Crippen LogP contribution in [0.3, 0.4) is 0 Å². The molecule has 1 atom stereocenters. The van der Waals surface area contributed by atoms with Gasteiger partial charge in [0.15, 0.2) is 11.7 Å². The van der Waals surface area contributed by atoms with Gasteiger partial charge in [-0.15, -0.1) is 11.3 Å². The summed E-state index contributed by atoms with van der Waals surface area (Å²) >= 11 is 1.35. The van der Waals surface area contributed by atoms with Crippen molar-refractivity contribution in [1.82, 2.24) is 4.98 Å². The summed E-state index contributed by atoms with van der Waals surface area (Å²) in [5.74, 6) is -0.987. The number of benzene rings is 1. The van der Waals surface area contributed by atoms with E-state index >= 15 is 0 Å². The van der Waals surface area contributed by atoms with Crippen LogP contribution in [0.2, 0.25) is 0 Å². The zero-order valence-corrected chi connectivity index (χ0v) is 10.1. The number of hydrogen-bond donors (Lipinski definition) is 0. The minimum atomic E-state index is -0.795. The van der Waals surface area contributed by atoms with E-state index in [-0.39, 0.29) is 5.78 Å². The summed E-state index contributed by atoms with van der Waals surface area (Å²) in [6, 6.07) is 10.9. The molecule has 0 radical (unpaired) electrons. The van der Waals surface area contributed by atoms with Crippen LogP contribution in [0, 0.1) is 18.3 Å². The molecule has 0 amide bonds. The van der Waals surface area contributed by atoms with Gasteiger partial charge in [-0.05, 0) is 6.92 Å². The third-order valence-electron chi connectivity index (χ3n) is 2.33. The summed E-state index contributed by atoms with van der Waals surface area (Å²) < 4.78 is 0. The number of rotatable bonds is 3. The molecule has 84 valence electrons. The van der Waals surface area contributed by atoms with E-state index < -0.39 is 5.92 Å². The Kier molecular flexibility index (Phi) is 3.31. The molecule has 0 spiro atoms. The lowest BCUT2D eigenvalue weighted by atomic mass is 9.99. The second kappa shape index (κ2) is 4.89. The quantitative estimate of drug-likeness (QED) is 0.777. The van der Waals surface area contributed by atoms with Crippen LogP contribution < -0.4 is 0 Å². The Morgan fingerprint density at radius 3 is 2.65 bits per heavy atom. The Morgan fingerprint density at radius 2 is 2.12 bits per heavy atom. The molecule has 0 aliphatic carbocycles. The topological polar surface area (TPSA) is 53.8 Å². The molecule has 0 fully saturated rings. The highest BCUT2D eigenvalue weighted by atomic mass is 32.1. The van der Waals surface area contributed by atoms with E-state index in [1.54, 1.807) is 24.3 Å². The normalized spacial score (nSPS) is 11.8. The van der Waals surface area contributed by atoms with Gasteiger partial charge >= 0.3 is 0 Å². The van der Waals surface area contributed by atoms with Gasteiger partial charge in [-0.25, -0.2) is 4.98 Å². The lowest BCUT2D eigenvalue weighted by Crippen LogP contribution is -2.10. The Hall–Kier alpha value is -1.99. The Bertz CT molecular complexity index is 569. The number of nitriles is 1. The van der Waals surface area contributed by atoms with Crippen LogP contribution in [-0.2, 0) is 0 Å². The number of carbonyl (C=O) groups is 1. The molecule has 0 N–H and O–H groups in total. The van der Waals surface area contributed by atoms with Gasteiger partial charge in [-0.2, -0.15) is 5.26 Å². The van der Waals surface area contributed by atoms with Crippen molar-refractivity contribution in [3.8, 4) is 6.07 Å². The molecule has 1 aromatic heterocycles. The van der Waals surface area contributed by atoms with Crippen LogP contribution in [-0.4, -0.2) is 10.8 Å². The van der Waals surface area contributed by atoms with Gasteiger partial charge in [-0.1, -0.05) is 30.3 Å². The fourth-order valence-corrected chi connectivity index (χ4v) is 2.34. The minimum absolute atomic E-state index is 0.192. The van der Waals surface area contributed by atoms with E-state index in [0.29, 0.717) is 10.6 Å². The van der Waals surface area contributed by atoms with E-state index in [4.69, 9.17) is 5.26 Å². The van der Waals surface area contributed by atoms with Gasteiger partial charge in [0.2, 0.25) is 0 Å². The summed E-state index contributed by atoms with van der Waals surface area (Å²) in [6.45, 7) is 1.85. The van der Waals surface area contributed by atoms with E-state index in [0.717, 1.165) is 5.69 Å². The molecule has 2 aromatic rings. The second-order valence-electron chi connectivity index (χ2n) is 3.62. The van der Waals surface area contributed by atoms with E-state index in [1.165, 1.54) is 11.3 Å². The largest absolute Gasteiger partial charge is 0.292 e. The Morgan fingerprint density at radius 1 is 1.41 bits per heavy atom. The van der Waals surface area contributed by atoms with Crippen molar-refractivity contribution in [3.05, 3.63) is 52.0 Å². The standard InChI is InChI=1S/C13H10N2OS/c1-9-8-17-13(15-9)11(7-14)12(16)10-5-3-2-4-6-10/h2-6,8,11H,1H3/t11-/m0/s1. The molecule has 0 unspecified atom stereocenters. The van der Waals surface area contributed by atoms with Crippen molar-refractivity contribution < 1.29 is 4.79 Å².